The van der Waals surface area contributed by atoms with Gasteiger partial charge >= 0.3 is 12.1 Å². The van der Waals surface area contributed by atoms with Crippen LogP contribution in [0.15, 0.2) is 41.8 Å². The van der Waals surface area contributed by atoms with E-state index < -0.39 is 29.9 Å². The summed E-state index contributed by atoms with van der Waals surface area (Å²) in [6, 6.07) is 9.41. The molecule has 0 aliphatic carbocycles. The molecule has 4 amide bonds. The number of piperazine rings is 1. The smallest absolute Gasteiger partial charge is 0.409 e. The lowest BCUT2D eigenvalue weighted by atomic mass is 10.1. The summed E-state index contributed by atoms with van der Waals surface area (Å²) in [6.07, 6.45) is -0.152. The van der Waals surface area contributed by atoms with Gasteiger partial charge in [-0.3, -0.25) is 19.2 Å². The van der Waals surface area contributed by atoms with Gasteiger partial charge in [0.1, 0.15) is 17.5 Å². The second kappa shape index (κ2) is 14.4. The topological polar surface area (TPSA) is 159 Å². The fourth-order valence-electron chi connectivity index (χ4n) is 5.36. The van der Waals surface area contributed by atoms with Crippen molar-refractivity contribution in [1.82, 2.24) is 25.0 Å². The standard InChI is InChI=1S/C31H35N5O8S/c1-2-43-31(42)35-14-12-34(13-15-35)30(41)23(7-8-28(38)39)33-29(40)24-17-25(21-5-3-4-6-22(21)32-24)44-19-27(37)36-11-9-20-10-16-45-26(20)18-36/h3-6,10,16-17,23H,2,7-9,11-15,18-19H2,1H3,(H,33,40)(H,38,39)/t23-/m0/s1. The summed E-state index contributed by atoms with van der Waals surface area (Å²) in [7, 11) is 0. The summed E-state index contributed by atoms with van der Waals surface area (Å²) in [6.45, 7) is 3.77. The molecule has 13 nitrogen and oxygen atoms in total. The van der Waals surface area contributed by atoms with Crippen LogP contribution >= 0.6 is 11.3 Å². The molecule has 5 rings (SSSR count). The van der Waals surface area contributed by atoms with E-state index >= 15 is 0 Å². The van der Waals surface area contributed by atoms with Crippen LogP contribution in [-0.4, -0.2) is 107 Å². The molecule has 4 heterocycles. The summed E-state index contributed by atoms with van der Waals surface area (Å²) in [5.74, 6) is -2.14. The number of carboxylic acid groups (broad SMARTS) is 1. The van der Waals surface area contributed by atoms with Gasteiger partial charge < -0.3 is 34.6 Å². The molecule has 1 fully saturated rings. The molecule has 45 heavy (non-hydrogen) atoms. The largest absolute Gasteiger partial charge is 0.483 e. The third kappa shape index (κ3) is 7.69. The molecule has 2 aliphatic rings. The molecule has 0 saturated carbocycles. The van der Waals surface area contributed by atoms with Gasteiger partial charge in [-0.15, -0.1) is 11.3 Å². The van der Waals surface area contributed by atoms with Gasteiger partial charge in [0.05, 0.1) is 18.7 Å². The van der Waals surface area contributed by atoms with Crippen molar-refractivity contribution >= 4 is 52.0 Å². The number of rotatable bonds is 10. The number of carbonyl (C=O) groups excluding carboxylic acids is 4. The molecule has 1 saturated heterocycles. The van der Waals surface area contributed by atoms with Crippen LogP contribution in [0.1, 0.15) is 40.7 Å². The Morgan fingerprint density at radius 2 is 1.78 bits per heavy atom. The Labute approximate surface area is 263 Å². The van der Waals surface area contributed by atoms with Gasteiger partial charge in [-0.25, -0.2) is 9.78 Å². The molecule has 0 radical (unpaired) electrons. The second-order valence-electron chi connectivity index (χ2n) is 10.7. The first kappa shape index (κ1) is 31.7. The van der Waals surface area contributed by atoms with E-state index in [0.717, 1.165) is 11.3 Å². The minimum absolute atomic E-state index is 0.0439. The van der Waals surface area contributed by atoms with E-state index in [1.54, 1.807) is 47.4 Å². The minimum atomic E-state index is -1.14. The average molecular weight is 638 g/mol. The molecule has 238 valence electrons. The molecule has 2 N–H and O–H groups in total. The minimum Gasteiger partial charge on any atom is -0.483 e. The van der Waals surface area contributed by atoms with Crippen molar-refractivity contribution in [1.29, 1.82) is 0 Å². The maximum absolute atomic E-state index is 13.5. The van der Waals surface area contributed by atoms with Gasteiger partial charge in [-0.05, 0) is 48.9 Å². The van der Waals surface area contributed by atoms with Crippen molar-refractivity contribution in [2.24, 2.45) is 0 Å². The van der Waals surface area contributed by atoms with Crippen LogP contribution in [0.3, 0.4) is 0 Å². The number of carbonyl (C=O) groups is 5. The fraction of sp³-hybridized carbons (Fsp3) is 0.419. The van der Waals surface area contributed by atoms with E-state index in [0.29, 0.717) is 24.0 Å². The predicted octanol–water partition coefficient (Wildman–Crippen LogP) is 2.52. The normalized spacial score (nSPS) is 15.3. The van der Waals surface area contributed by atoms with Crippen LogP contribution < -0.4 is 10.1 Å². The highest BCUT2D eigenvalue weighted by Crippen LogP contribution is 2.27. The molecule has 14 heteroatoms. The Morgan fingerprint density at radius 1 is 1.02 bits per heavy atom. The lowest BCUT2D eigenvalue weighted by molar-refractivity contribution is -0.138. The Morgan fingerprint density at radius 3 is 2.53 bits per heavy atom. The number of para-hydroxylation sites is 1. The fourth-order valence-corrected chi connectivity index (χ4v) is 6.31. The van der Waals surface area contributed by atoms with Crippen molar-refractivity contribution in [3.63, 3.8) is 0 Å². The average Bonchev–Trinajstić information content (AvgIpc) is 3.53. The van der Waals surface area contributed by atoms with Crippen molar-refractivity contribution < 1.29 is 38.6 Å². The van der Waals surface area contributed by atoms with E-state index in [2.05, 4.69) is 16.4 Å². The molecule has 1 aromatic carbocycles. The van der Waals surface area contributed by atoms with Crippen LogP contribution in [0.5, 0.6) is 5.75 Å². The first-order chi connectivity index (χ1) is 21.7. The Bertz CT molecular complexity index is 1580. The third-order valence-electron chi connectivity index (χ3n) is 7.81. The summed E-state index contributed by atoms with van der Waals surface area (Å²) in [4.78, 5) is 73.7. The number of thiophene rings is 1. The van der Waals surface area contributed by atoms with Gasteiger partial charge in [0.2, 0.25) is 5.91 Å². The van der Waals surface area contributed by atoms with E-state index in [4.69, 9.17) is 9.47 Å². The maximum Gasteiger partial charge on any atom is 0.409 e. The second-order valence-corrected chi connectivity index (χ2v) is 11.7. The molecule has 0 bridgehead atoms. The number of amides is 4. The highest BCUT2D eigenvalue weighted by Gasteiger charge is 2.31. The molecular weight excluding hydrogens is 602 g/mol. The van der Waals surface area contributed by atoms with Crippen LogP contribution in [0, 0.1) is 0 Å². The molecule has 2 aromatic heterocycles. The number of pyridine rings is 1. The number of aliphatic carboxylic acids is 1. The van der Waals surface area contributed by atoms with Crippen LogP contribution in [0.2, 0.25) is 0 Å². The summed E-state index contributed by atoms with van der Waals surface area (Å²) >= 11 is 1.62. The number of aromatic nitrogens is 1. The number of benzene rings is 1. The van der Waals surface area contributed by atoms with Gasteiger partial charge in [0.25, 0.3) is 11.8 Å². The van der Waals surface area contributed by atoms with Crippen molar-refractivity contribution in [3.8, 4) is 5.75 Å². The highest BCUT2D eigenvalue weighted by atomic mass is 32.1. The zero-order valence-corrected chi connectivity index (χ0v) is 25.7. The molecular formula is C31H35N5O8S. The summed E-state index contributed by atoms with van der Waals surface area (Å²) < 4.78 is 11.0. The van der Waals surface area contributed by atoms with Gasteiger partial charge in [0, 0.05) is 55.5 Å². The number of fused-ring (bicyclic) bond motifs is 2. The van der Waals surface area contributed by atoms with Crippen molar-refractivity contribution in [2.75, 3.05) is 45.9 Å². The van der Waals surface area contributed by atoms with E-state index in [9.17, 15) is 29.1 Å². The first-order valence-electron chi connectivity index (χ1n) is 14.8. The number of hydrogen-bond acceptors (Lipinski definition) is 9. The van der Waals surface area contributed by atoms with Gasteiger partial charge in [0.15, 0.2) is 6.61 Å². The van der Waals surface area contributed by atoms with E-state index in [1.807, 2.05) is 5.38 Å². The van der Waals surface area contributed by atoms with Crippen molar-refractivity contribution in [2.45, 2.75) is 38.8 Å². The van der Waals surface area contributed by atoms with E-state index in [-0.39, 0.29) is 69.6 Å². The van der Waals surface area contributed by atoms with Crippen LogP contribution in [0.25, 0.3) is 10.9 Å². The lowest BCUT2D eigenvalue weighted by Crippen LogP contribution is -2.56. The highest BCUT2D eigenvalue weighted by molar-refractivity contribution is 7.10. The van der Waals surface area contributed by atoms with Crippen LogP contribution in [-0.2, 0) is 32.1 Å². The lowest BCUT2D eigenvalue weighted by Gasteiger charge is -2.35. The Kier molecular flexibility index (Phi) is 10.1. The first-order valence-corrected chi connectivity index (χ1v) is 15.7. The molecule has 3 aromatic rings. The zero-order chi connectivity index (χ0) is 31.9. The molecule has 0 unspecified atom stereocenters. The van der Waals surface area contributed by atoms with E-state index in [1.165, 1.54) is 21.4 Å². The summed E-state index contributed by atoms with van der Waals surface area (Å²) in [5, 5.41) is 14.6. The zero-order valence-electron chi connectivity index (χ0n) is 24.9. The number of ether oxygens (including phenoxy) is 2. The Hall–Kier alpha value is -4.72. The Balaban J connectivity index is 1.28. The monoisotopic (exact) mass is 637 g/mol. The predicted molar refractivity (Wildman–Crippen MR) is 164 cm³/mol. The van der Waals surface area contributed by atoms with Crippen molar-refractivity contribution in [3.05, 3.63) is 57.9 Å². The van der Waals surface area contributed by atoms with Gasteiger partial charge in [-0.1, -0.05) is 12.1 Å². The number of nitrogens with one attached hydrogen (secondary N) is 1. The maximum atomic E-state index is 13.5. The number of nitrogens with zero attached hydrogens (tertiary/aromatic N) is 4. The quantitative estimate of drug-likeness (QED) is 0.341. The molecule has 2 aliphatic heterocycles. The van der Waals surface area contributed by atoms with Gasteiger partial charge in [-0.2, -0.15) is 0 Å². The third-order valence-corrected chi connectivity index (χ3v) is 8.75. The number of hydrogen-bond donors (Lipinski definition) is 2. The SMILES string of the molecule is CCOC(=O)N1CCN(C(=O)[C@H](CCC(=O)O)NC(=O)c2cc(OCC(=O)N3CCc4ccsc4C3)c3ccccc3n2)CC1. The summed E-state index contributed by atoms with van der Waals surface area (Å²) in [5.41, 5.74) is 1.68. The number of carboxylic acids is 1. The molecule has 0 spiro atoms. The van der Waals surface area contributed by atoms with Crippen LogP contribution in [0.4, 0.5) is 4.79 Å². The molecule has 1 atom stereocenters.